The zero-order valence-electron chi connectivity index (χ0n) is 19.8. The number of fused-ring (bicyclic) bond motifs is 5. The normalized spacial score (nSPS) is 51.4. The van der Waals surface area contributed by atoms with Gasteiger partial charge < -0.3 is 5.11 Å². The van der Waals surface area contributed by atoms with Gasteiger partial charge in [0.1, 0.15) is 0 Å². The molecule has 1 N–H and O–H groups in total. The first-order valence-corrected chi connectivity index (χ1v) is 13.0. The van der Waals surface area contributed by atoms with Crippen LogP contribution in [0.1, 0.15) is 105 Å². The molecule has 1 nitrogen and oxygen atoms in total. The number of allylic oxidation sites excluding steroid dienone is 1. The Hall–Kier alpha value is -0.300. The van der Waals surface area contributed by atoms with Crippen LogP contribution in [0.25, 0.3) is 0 Å². The average Bonchev–Trinajstić information content (AvgIpc) is 3.11. The molecule has 4 fully saturated rings. The summed E-state index contributed by atoms with van der Waals surface area (Å²) in [6.45, 7) is 12.8. The SMILES string of the molecule is C[C@H](CCC1CC1(C)C)[C@H]1CC[C@H]2[C@@H]3CC=C4C[C@@H](O)CC[C@]4(C)[C@H]3CC[C@]12C. The van der Waals surface area contributed by atoms with Crippen LogP contribution in [0.4, 0.5) is 0 Å². The van der Waals surface area contributed by atoms with E-state index in [0.717, 1.165) is 48.3 Å². The third-order valence-electron chi connectivity index (χ3n) is 11.5. The number of hydrogen-bond acceptors (Lipinski definition) is 1. The third kappa shape index (κ3) is 3.19. The molecule has 0 radical (unpaired) electrons. The quantitative estimate of drug-likeness (QED) is 0.489. The molecule has 164 valence electrons. The molecular weight excluding hydrogens is 352 g/mol. The molecule has 0 aromatic heterocycles. The van der Waals surface area contributed by atoms with Crippen LogP contribution in [0, 0.1) is 51.8 Å². The summed E-state index contributed by atoms with van der Waals surface area (Å²) < 4.78 is 0. The summed E-state index contributed by atoms with van der Waals surface area (Å²) >= 11 is 0. The lowest BCUT2D eigenvalue weighted by Gasteiger charge is -2.58. The van der Waals surface area contributed by atoms with Crippen LogP contribution in [-0.4, -0.2) is 11.2 Å². The molecule has 5 aliphatic carbocycles. The number of rotatable bonds is 4. The summed E-state index contributed by atoms with van der Waals surface area (Å²) in [5, 5.41) is 10.2. The molecule has 0 aromatic rings. The molecule has 4 saturated carbocycles. The van der Waals surface area contributed by atoms with Crippen molar-refractivity contribution in [2.24, 2.45) is 51.8 Å². The molecule has 0 amide bonds. The van der Waals surface area contributed by atoms with Gasteiger partial charge in [-0.3, -0.25) is 0 Å². The highest BCUT2D eigenvalue weighted by Gasteiger charge is 2.59. The highest BCUT2D eigenvalue weighted by atomic mass is 16.3. The van der Waals surface area contributed by atoms with Gasteiger partial charge in [0.2, 0.25) is 0 Å². The van der Waals surface area contributed by atoms with E-state index in [4.69, 9.17) is 0 Å². The van der Waals surface area contributed by atoms with Crippen molar-refractivity contribution < 1.29 is 5.11 Å². The monoisotopic (exact) mass is 398 g/mol. The van der Waals surface area contributed by atoms with Crippen molar-refractivity contribution in [1.29, 1.82) is 0 Å². The van der Waals surface area contributed by atoms with Gasteiger partial charge in [-0.25, -0.2) is 0 Å². The van der Waals surface area contributed by atoms with E-state index in [1.54, 1.807) is 5.57 Å². The molecule has 0 heterocycles. The topological polar surface area (TPSA) is 20.2 Å². The van der Waals surface area contributed by atoms with E-state index in [2.05, 4.69) is 40.7 Å². The number of aliphatic hydroxyl groups excluding tert-OH is 1. The molecule has 9 atom stereocenters. The first-order chi connectivity index (χ1) is 13.6. The van der Waals surface area contributed by atoms with Crippen LogP contribution in [-0.2, 0) is 0 Å². The standard InChI is InChI=1S/C28H46O/c1-18(6-7-20-17-26(20,2)3)23-10-11-24-22-9-8-19-16-21(29)12-14-27(19,4)25(22)13-15-28(23,24)5/h8,18,20-25,29H,6-7,9-17H2,1-5H3/t18-,20?,21+,22+,23-,24+,25+,27+,28-/m1/s1. The minimum absolute atomic E-state index is 0.0760. The molecule has 0 aliphatic heterocycles. The van der Waals surface area contributed by atoms with Gasteiger partial charge in [-0.2, -0.15) is 0 Å². The molecule has 5 aliphatic rings. The lowest BCUT2D eigenvalue weighted by Crippen LogP contribution is -2.50. The second-order valence-electron chi connectivity index (χ2n) is 13.3. The van der Waals surface area contributed by atoms with E-state index in [1.165, 1.54) is 57.8 Å². The second-order valence-corrected chi connectivity index (χ2v) is 13.3. The summed E-state index contributed by atoms with van der Waals surface area (Å²) in [5.41, 5.74) is 3.26. The first kappa shape index (κ1) is 20.6. The van der Waals surface area contributed by atoms with E-state index >= 15 is 0 Å². The zero-order valence-corrected chi connectivity index (χ0v) is 19.8. The van der Waals surface area contributed by atoms with E-state index in [9.17, 15) is 5.11 Å². The maximum absolute atomic E-state index is 10.2. The fraction of sp³-hybridized carbons (Fsp3) is 0.929. The molecular formula is C28H46O. The van der Waals surface area contributed by atoms with Gasteiger partial charge in [-0.05, 0) is 116 Å². The Balaban J connectivity index is 1.30. The van der Waals surface area contributed by atoms with E-state index in [1.807, 2.05) is 0 Å². The highest BCUT2D eigenvalue weighted by Crippen LogP contribution is 2.67. The Morgan fingerprint density at radius 3 is 2.52 bits per heavy atom. The summed E-state index contributed by atoms with van der Waals surface area (Å²) in [6.07, 6.45) is 17.3. The fourth-order valence-corrected chi connectivity index (χ4v) is 9.35. The average molecular weight is 399 g/mol. The Morgan fingerprint density at radius 1 is 1.03 bits per heavy atom. The molecule has 0 bridgehead atoms. The zero-order chi connectivity index (χ0) is 20.6. The molecule has 1 heteroatoms. The van der Waals surface area contributed by atoms with Crippen LogP contribution in [0.3, 0.4) is 0 Å². The minimum atomic E-state index is -0.0760. The van der Waals surface area contributed by atoms with Gasteiger partial charge in [0.15, 0.2) is 0 Å². The Kier molecular flexibility index (Phi) is 4.86. The summed E-state index contributed by atoms with van der Waals surface area (Å²) in [4.78, 5) is 0. The first-order valence-electron chi connectivity index (χ1n) is 13.0. The fourth-order valence-electron chi connectivity index (χ4n) is 9.35. The van der Waals surface area contributed by atoms with Crippen molar-refractivity contribution in [2.75, 3.05) is 0 Å². The number of hydrogen-bond donors (Lipinski definition) is 1. The van der Waals surface area contributed by atoms with Gasteiger partial charge in [-0.1, -0.05) is 52.7 Å². The van der Waals surface area contributed by atoms with Crippen molar-refractivity contribution >= 4 is 0 Å². The molecule has 0 spiro atoms. The molecule has 0 aromatic carbocycles. The third-order valence-corrected chi connectivity index (χ3v) is 11.5. The highest BCUT2D eigenvalue weighted by molar-refractivity contribution is 5.25. The van der Waals surface area contributed by atoms with Crippen LogP contribution in [0.2, 0.25) is 0 Å². The predicted octanol–water partition coefficient (Wildman–Crippen LogP) is 7.39. The summed E-state index contributed by atoms with van der Waals surface area (Å²) in [7, 11) is 0. The molecule has 29 heavy (non-hydrogen) atoms. The maximum atomic E-state index is 10.2. The van der Waals surface area contributed by atoms with Gasteiger partial charge >= 0.3 is 0 Å². The lowest BCUT2D eigenvalue weighted by atomic mass is 9.47. The van der Waals surface area contributed by atoms with E-state index in [-0.39, 0.29) is 6.10 Å². The largest absolute Gasteiger partial charge is 0.393 e. The Bertz CT molecular complexity index is 676. The lowest BCUT2D eigenvalue weighted by molar-refractivity contribution is -0.0573. The van der Waals surface area contributed by atoms with Gasteiger partial charge in [0.05, 0.1) is 6.10 Å². The van der Waals surface area contributed by atoms with Gasteiger partial charge in [0, 0.05) is 0 Å². The van der Waals surface area contributed by atoms with Crippen LogP contribution in [0.5, 0.6) is 0 Å². The molecule has 1 unspecified atom stereocenters. The maximum Gasteiger partial charge on any atom is 0.0577 e. The van der Waals surface area contributed by atoms with Gasteiger partial charge in [-0.15, -0.1) is 0 Å². The molecule has 5 rings (SSSR count). The van der Waals surface area contributed by atoms with Crippen molar-refractivity contribution in [3.8, 4) is 0 Å². The van der Waals surface area contributed by atoms with Crippen molar-refractivity contribution in [3.63, 3.8) is 0 Å². The van der Waals surface area contributed by atoms with Crippen molar-refractivity contribution in [2.45, 2.75) is 111 Å². The van der Waals surface area contributed by atoms with Crippen LogP contribution < -0.4 is 0 Å². The Labute approximate surface area is 180 Å². The number of aliphatic hydroxyl groups is 1. The van der Waals surface area contributed by atoms with E-state index < -0.39 is 0 Å². The predicted molar refractivity (Wildman–Crippen MR) is 121 cm³/mol. The Morgan fingerprint density at radius 2 is 1.79 bits per heavy atom. The summed E-state index contributed by atoms with van der Waals surface area (Å²) in [5.74, 6) is 5.63. The van der Waals surface area contributed by atoms with Crippen molar-refractivity contribution in [1.82, 2.24) is 0 Å². The van der Waals surface area contributed by atoms with Gasteiger partial charge in [0.25, 0.3) is 0 Å². The van der Waals surface area contributed by atoms with E-state index in [0.29, 0.717) is 16.2 Å². The summed E-state index contributed by atoms with van der Waals surface area (Å²) in [6, 6.07) is 0. The van der Waals surface area contributed by atoms with Crippen molar-refractivity contribution in [3.05, 3.63) is 11.6 Å². The van der Waals surface area contributed by atoms with Crippen LogP contribution in [0.15, 0.2) is 11.6 Å². The minimum Gasteiger partial charge on any atom is -0.393 e. The molecule has 0 saturated heterocycles. The second kappa shape index (κ2) is 6.85. The smallest absolute Gasteiger partial charge is 0.0577 e. The van der Waals surface area contributed by atoms with Crippen LogP contribution >= 0.6 is 0 Å².